The van der Waals surface area contributed by atoms with E-state index in [4.69, 9.17) is 20.5 Å². The molecule has 10 nitrogen and oxygen atoms in total. The lowest BCUT2D eigenvalue weighted by Gasteiger charge is -2.11. The molecule has 0 saturated heterocycles. The fourth-order valence-electron chi connectivity index (χ4n) is 2.21. The molecule has 1 N–H and O–H groups in total. The van der Waals surface area contributed by atoms with E-state index < -0.39 is 22.0 Å². The summed E-state index contributed by atoms with van der Waals surface area (Å²) in [6.07, 6.45) is 1.48. The molecule has 1 aromatic heterocycles. The Morgan fingerprint density at radius 3 is 2.62 bits per heavy atom. The smallest absolute Gasteiger partial charge is 0.411 e. The third-order valence-electron chi connectivity index (χ3n) is 3.43. The van der Waals surface area contributed by atoms with Crippen molar-refractivity contribution in [2.24, 2.45) is 0 Å². The molecule has 26 heavy (non-hydrogen) atoms. The van der Waals surface area contributed by atoms with E-state index in [-0.39, 0.29) is 22.8 Å². The highest BCUT2D eigenvalue weighted by Crippen LogP contribution is 2.35. The molecule has 0 bridgehead atoms. The average molecular weight is 403 g/mol. The monoisotopic (exact) mass is 402 g/mol. The number of hydrogen-bond donors (Lipinski definition) is 1. The van der Waals surface area contributed by atoms with E-state index in [0.717, 1.165) is 17.4 Å². The summed E-state index contributed by atoms with van der Waals surface area (Å²) in [7, 11) is -4.58. The van der Waals surface area contributed by atoms with Crippen LogP contribution in [0.5, 0.6) is 11.5 Å². The van der Waals surface area contributed by atoms with Gasteiger partial charge in [-0.3, -0.25) is 4.57 Å². The maximum atomic E-state index is 12.2. The summed E-state index contributed by atoms with van der Waals surface area (Å²) in [6, 6.07) is 4.62. The van der Waals surface area contributed by atoms with Crippen LogP contribution in [0.3, 0.4) is 0 Å². The number of carbonyl (C=O) groups is 1. The second-order valence-electron chi connectivity index (χ2n) is 5.39. The minimum Gasteiger partial charge on any atom is -0.490 e. The first-order chi connectivity index (χ1) is 12.3. The van der Waals surface area contributed by atoms with Crippen LogP contribution in [0.4, 0.5) is 4.79 Å². The number of halogens is 1. The lowest BCUT2D eigenvalue weighted by molar-refractivity contribution is 0.242. The molecule has 1 fully saturated rings. The van der Waals surface area contributed by atoms with Crippen molar-refractivity contribution in [3.63, 3.8) is 0 Å². The van der Waals surface area contributed by atoms with Gasteiger partial charge in [0.05, 0.1) is 6.61 Å². The van der Waals surface area contributed by atoms with E-state index >= 15 is 0 Å². The number of ether oxygens (including phenoxy) is 1. The third kappa shape index (κ3) is 3.83. The minimum atomic E-state index is -4.58. The van der Waals surface area contributed by atoms with Gasteiger partial charge in [-0.25, -0.2) is 9.59 Å². The topological polar surface area (TPSA) is 122 Å². The van der Waals surface area contributed by atoms with Gasteiger partial charge in [-0.2, -0.15) is 13.1 Å². The Labute approximate surface area is 153 Å². The van der Waals surface area contributed by atoms with Crippen LogP contribution in [0, 0.1) is 0 Å². The molecule has 140 valence electrons. The van der Waals surface area contributed by atoms with Crippen molar-refractivity contribution in [2.75, 3.05) is 6.61 Å². The molecule has 12 heteroatoms. The van der Waals surface area contributed by atoms with Gasteiger partial charge in [0.2, 0.25) is 5.28 Å². The highest BCUT2D eigenvalue weighted by atomic mass is 35.5. The van der Waals surface area contributed by atoms with Crippen LogP contribution in [0.1, 0.15) is 25.8 Å². The van der Waals surface area contributed by atoms with E-state index in [2.05, 4.69) is 5.10 Å². The molecule has 1 heterocycles. The van der Waals surface area contributed by atoms with Gasteiger partial charge in [0.1, 0.15) is 0 Å². The molecule has 1 aliphatic rings. The summed E-state index contributed by atoms with van der Waals surface area (Å²) < 4.78 is 37.4. The van der Waals surface area contributed by atoms with E-state index in [0.29, 0.717) is 11.3 Å². The molecule has 1 aliphatic carbocycles. The van der Waals surface area contributed by atoms with Crippen LogP contribution >= 0.6 is 11.6 Å². The maximum Gasteiger partial charge on any atom is 0.411 e. The second kappa shape index (κ2) is 7.00. The van der Waals surface area contributed by atoms with Crippen LogP contribution in [-0.4, -0.2) is 35.4 Å². The molecule has 0 radical (unpaired) electrons. The van der Waals surface area contributed by atoms with Crippen LogP contribution < -0.4 is 19.3 Å². The summed E-state index contributed by atoms with van der Waals surface area (Å²) in [5, 5.41) is 3.40. The predicted molar refractivity (Wildman–Crippen MR) is 90.9 cm³/mol. The quantitative estimate of drug-likeness (QED) is 0.772. The van der Waals surface area contributed by atoms with Gasteiger partial charge >= 0.3 is 22.0 Å². The third-order valence-corrected chi connectivity index (χ3v) is 4.52. The van der Waals surface area contributed by atoms with E-state index in [1.165, 1.54) is 18.2 Å². The van der Waals surface area contributed by atoms with Crippen LogP contribution in [0.25, 0.3) is 0 Å². The van der Waals surface area contributed by atoms with Crippen molar-refractivity contribution in [3.8, 4) is 11.5 Å². The highest BCUT2D eigenvalue weighted by molar-refractivity contribution is 7.85. The summed E-state index contributed by atoms with van der Waals surface area (Å²) in [4.78, 5) is 24.3. The fraction of sp³-hybridized carbons (Fsp3) is 0.357. The average Bonchev–Trinajstić information content (AvgIpc) is 3.34. The number of nitrogens with one attached hydrogen (secondary N) is 1. The number of aromatic nitrogens is 3. The van der Waals surface area contributed by atoms with Crippen LogP contribution in [0.15, 0.2) is 29.1 Å². The molecule has 0 atom stereocenters. The Balaban J connectivity index is 1.79. The van der Waals surface area contributed by atoms with E-state index in [1.807, 2.05) is 0 Å². The van der Waals surface area contributed by atoms with Crippen molar-refractivity contribution in [1.82, 2.24) is 19.1 Å². The minimum absolute atomic E-state index is 0.108. The first-order valence-electron chi connectivity index (χ1n) is 7.68. The van der Waals surface area contributed by atoms with Gasteiger partial charge in [-0.15, -0.1) is 9.78 Å². The van der Waals surface area contributed by atoms with Crippen LogP contribution in [-0.2, 0) is 10.3 Å². The lowest BCUT2D eigenvalue weighted by Crippen LogP contribution is -2.42. The van der Waals surface area contributed by atoms with Crippen LogP contribution in [0.2, 0.25) is 5.28 Å². The van der Waals surface area contributed by atoms with Crippen molar-refractivity contribution >= 4 is 27.9 Å². The number of hydrogen-bond acceptors (Lipinski definition) is 7. The number of amides is 1. The SMILES string of the molecule is CCOc1ccccc1OS(=O)(=O)NC(=O)n1nc(Cl)n(C2CC2)c1=O. The van der Waals surface area contributed by atoms with Crippen molar-refractivity contribution in [3.05, 3.63) is 40.0 Å². The zero-order valence-electron chi connectivity index (χ0n) is 13.6. The summed E-state index contributed by atoms with van der Waals surface area (Å²) >= 11 is 5.84. The van der Waals surface area contributed by atoms with Gasteiger partial charge in [-0.1, -0.05) is 12.1 Å². The summed E-state index contributed by atoms with van der Waals surface area (Å²) in [5.41, 5.74) is -0.820. The number of benzene rings is 1. The van der Waals surface area contributed by atoms with Gasteiger partial charge in [-0.05, 0) is 43.5 Å². The zero-order chi connectivity index (χ0) is 18.9. The Morgan fingerprint density at radius 2 is 2.00 bits per heavy atom. The van der Waals surface area contributed by atoms with Gasteiger partial charge in [0.25, 0.3) is 0 Å². The molecular weight excluding hydrogens is 388 g/mol. The maximum absolute atomic E-state index is 12.2. The largest absolute Gasteiger partial charge is 0.490 e. The Hall–Kier alpha value is -2.53. The molecule has 0 spiro atoms. The van der Waals surface area contributed by atoms with Crippen molar-refractivity contribution in [2.45, 2.75) is 25.8 Å². The predicted octanol–water partition coefficient (Wildman–Crippen LogP) is 1.31. The number of rotatable bonds is 6. The second-order valence-corrected chi connectivity index (χ2v) is 7.01. The van der Waals surface area contributed by atoms with E-state index in [9.17, 15) is 18.0 Å². The number of carbonyl (C=O) groups excluding carboxylic acids is 1. The fourth-order valence-corrected chi connectivity index (χ4v) is 3.21. The molecule has 1 aromatic carbocycles. The molecule has 0 aliphatic heterocycles. The summed E-state index contributed by atoms with van der Waals surface area (Å²) in [5.74, 6) is 0.0783. The normalized spacial score (nSPS) is 14.1. The molecule has 1 amide bonds. The lowest BCUT2D eigenvalue weighted by atomic mass is 10.3. The van der Waals surface area contributed by atoms with Crippen molar-refractivity contribution < 1.29 is 22.1 Å². The molecule has 1 saturated carbocycles. The molecule has 0 unspecified atom stereocenters. The standard InChI is InChI=1S/C14H15ClN4O6S/c1-2-24-10-5-3-4-6-11(10)25-26(22,23)17-13(20)19-14(21)18(9-7-8-9)12(15)16-19/h3-6,9H,2,7-8H2,1H3,(H,17,20). The number of para-hydroxylation sites is 2. The molecule has 3 rings (SSSR count). The Bertz CT molecular complexity index is 995. The molecule has 2 aromatic rings. The first-order valence-corrected chi connectivity index (χ1v) is 9.46. The van der Waals surface area contributed by atoms with Gasteiger partial charge < -0.3 is 8.92 Å². The summed E-state index contributed by atoms with van der Waals surface area (Å²) in [6.45, 7) is 2.01. The highest BCUT2D eigenvalue weighted by Gasteiger charge is 2.31. The van der Waals surface area contributed by atoms with Gasteiger partial charge in [0, 0.05) is 6.04 Å². The number of nitrogens with zero attached hydrogens (tertiary/aromatic N) is 3. The Morgan fingerprint density at radius 1 is 1.35 bits per heavy atom. The first kappa shape index (κ1) is 18.3. The Kier molecular flexibility index (Phi) is 4.92. The van der Waals surface area contributed by atoms with E-state index in [1.54, 1.807) is 17.7 Å². The zero-order valence-corrected chi connectivity index (χ0v) is 15.2. The van der Waals surface area contributed by atoms with Gasteiger partial charge in [0.15, 0.2) is 11.5 Å². The molecular formula is C14H15ClN4O6S. The van der Waals surface area contributed by atoms with Crippen molar-refractivity contribution in [1.29, 1.82) is 0 Å².